The van der Waals surface area contributed by atoms with Gasteiger partial charge >= 0.3 is 0 Å². The Balaban J connectivity index is 2.89. The molecule has 8 heteroatoms. The summed E-state index contributed by atoms with van der Waals surface area (Å²) in [5.74, 6) is 0.957. The number of hydrogen-bond acceptors (Lipinski definition) is 7. The van der Waals surface area contributed by atoms with Crippen LogP contribution in [0.3, 0.4) is 0 Å². The molecule has 0 fully saturated rings. The third-order valence-corrected chi connectivity index (χ3v) is 3.39. The third-order valence-electron chi connectivity index (χ3n) is 3.22. The Labute approximate surface area is 132 Å². The third kappa shape index (κ3) is 5.61. The molecular weight excluding hydrogens is 290 g/mol. The van der Waals surface area contributed by atoms with Gasteiger partial charge in [-0.25, -0.2) is 0 Å². The lowest BCUT2D eigenvalue weighted by molar-refractivity contribution is 0.312. The molecule has 0 saturated carbocycles. The second kappa shape index (κ2) is 8.31. The smallest absolute Gasteiger partial charge is 0.230 e. The molecule has 0 bridgehead atoms. The zero-order chi connectivity index (χ0) is 16.0. The first-order valence-corrected chi connectivity index (χ1v) is 7.52. The zero-order valence-corrected chi connectivity index (χ0v) is 14.4. The minimum Gasteiger partial charge on any atom is -0.339 e. The van der Waals surface area contributed by atoms with Gasteiger partial charge in [0.1, 0.15) is 0 Å². The fourth-order valence-electron chi connectivity index (χ4n) is 1.97. The van der Waals surface area contributed by atoms with Crippen molar-refractivity contribution < 1.29 is 0 Å². The topological polar surface area (TPSA) is 69.2 Å². The van der Waals surface area contributed by atoms with Crippen molar-refractivity contribution >= 4 is 23.5 Å². The predicted octanol–water partition coefficient (Wildman–Crippen LogP) is 1.94. The van der Waals surface area contributed by atoms with E-state index >= 15 is 0 Å². The van der Waals surface area contributed by atoms with Crippen LogP contribution in [0.15, 0.2) is 0 Å². The summed E-state index contributed by atoms with van der Waals surface area (Å²) >= 11 is 5.99. The van der Waals surface area contributed by atoms with Crippen molar-refractivity contribution in [2.75, 3.05) is 38.8 Å². The van der Waals surface area contributed by atoms with E-state index in [1.807, 2.05) is 28.2 Å². The molecule has 2 unspecified atom stereocenters. The van der Waals surface area contributed by atoms with E-state index in [-0.39, 0.29) is 17.6 Å². The number of nitrogens with one attached hydrogen (secondary N) is 2. The minimum absolute atomic E-state index is 0.145. The molecular formula is C13H26ClN7. The van der Waals surface area contributed by atoms with Crippen molar-refractivity contribution in [3.05, 3.63) is 5.28 Å². The summed E-state index contributed by atoms with van der Waals surface area (Å²) in [6.45, 7) is 4.19. The Bertz CT molecular complexity index is 402. The normalized spacial score (nSPS) is 14.3. The number of aromatic nitrogens is 3. The number of halogens is 1. The van der Waals surface area contributed by atoms with Gasteiger partial charge in [-0.2, -0.15) is 15.0 Å². The summed E-state index contributed by atoms with van der Waals surface area (Å²) in [5, 5.41) is 6.69. The average Bonchev–Trinajstić information content (AvgIpc) is 2.40. The van der Waals surface area contributed by atoms with Gasteiger partial charge in [-0.05, 0) is 52.6 Å². The van der Waals surface area contributed by atoms with Crippen molar-refractivity contribution in [2.24, 2.45) is 0 Å². The van der Waals surface area contributed by atoms with Gasteiger partial charge in [0.05, 0.1) is 12.3 Å². The highest BCUT2D eigenvalue weighted by Gasteiger charge is 2.14. The van der Waals surface area contributed by atoms with E-state index in [2.05, 4.69) is 49.2 Å². The molecule has 0 aliphatic heterocycles. The molecule has 120 valence electrons. The maximum absolute atomic E-state index is 5.99. The molecule has 0 aliphatic carbocycles. The van der Waals surface area contributed by atoms with Crippen molar-refractivity contribution in [1.29, 1.82) is 0 Å². The maximum Gasteiger partial charge on any atom is 0.230 e. The second-order valence-corrected chi connectivity index (χ2v) is 5.65. The highest BCUT2D eigenvalue weighted by atomic mass is 35.5. The van der Waals surface area contributed by atoms with Gasteiger partial charge < -0.3 is 10.6 Å². The lowest BCUT2D eigenvalue weighted by atomic mass is 10.3. The number of nitrogens with zero attached hydrogens (tertiary/aromatic N) is 5. The fourth-order valence-corrected chi connectivity index (χ4v) is 2.13. The predicted molar refractivity (Wildman–Crippen MR) is 87.6 cm³/mol. The second-order valence-electron chi connectivity index (χ2n) is 5.32. The lowest BCUT2D eigenvalue weighted by Crippen LogP contribution is -2.36. The van der Waals surface area contributed by atoms with Crippen molar-refractivity contribution in [1.82, 2.24) is 24.8 Å². The van der Waals surface area contributed by atoms with Crippen molar-refractivity contribution in [2.45, 2.75) is 39.0 Å². The molecule has 21 heavy (non-hydrogen) atoms. The Kier molecular flexibility index (Phi) is 7.07. The number of rotatable bonds is 8. The summed E-state index contributed by atoms with van der Waals surface area (Å²) < 4.78 is 0. The molecule has 0 spiro atoms. The molecule has 2 N–H and O–H groups in total. The van der Waals surface area contributed by atoms with Crippen LogP contribution >= 0.6 is 11.6 Å². The lowest BCUT2D eigenvalue weighted by Gasteiger charge is -2.25. The van der Waals surface area contributed by atoms with Crippen LogP contribution < -0.4 is 10.6 Å². The van der Waals surface area contributed by atoms with E-state index in [1.165, 1.54) is 0 Å². The SMILES string of the molecule is CCC(Nc1nc(Cl)nc(NC(CC)N(C)C)n1)N(C)C. The van der Waals surface area contributed by atoms with Crippen LogP contribution in [-0.2, 0) is 0 Å². The van der Waals surface area contributed by atoms with E-state index in [1.54, 1.807) is 0 Å². The monoisotopic (exact) mass is 315 g/mol. The minimum atomic E-state index is 0.145. The standard InChI is InChI=1S/C13H26ClN7/c1-7-9(20(3)4)15-12-17-11(14)18-13(19-12)16-10(8-2)21(5)6/h9-10H,7-8H2,1-6H3,(H2,15,16,17,18,19). The van der Waals surface area contributed by atoms with Crippen LogP contribution in [0.5, 0.6) is 0 Å². The van der Waals surface area contributed by atoms with Gasteiger partial charge in [-0.1, -0.05) is 13.8 Å². The van der Waals surface area contributed by atoms with Gasteiger partial charge in [-0.15, -0.1) is 0 Å². The van der Waals surface area contributed by atoms with E-state index < -0.39 is 0 Å². The summed E-state index contributed by atoms with van der Waals surface area (Å²) in [4.78, 5) is 16.8. The molecule has 0 saturated heterocycles. The van der Waals surface area contributed by atoms with Crippen molar-refractivity contribution in [3.63, 3.8) is 0 Å². The Morgan fingerprint density at radius 1 is 0.857 bits per heavy atom. The summed E-state index contributed by atoms with van der Waals surface area (Å²) in [6, 6.07) is 0. The van der Waals surface area contributed by atoms with Gasteiger partial charge in [0.15, 0.2) is 0 Å². The van der Waals surface area contributed by atoms with E-state index in [4.69, 9.17) is 11.6 Å². The van der Waals surface area contributed by atoms with Crippen LogP contribution in [0.25, 0.3) is 0 Å². The van der Waals surface area contributed by atoms with Crippen LogP contribution in [0.4, 0.5) is 11.9 Å². The largest absolute Gasteiger partial charge is 0.339 e. The van der Waals surface area contributed by atoms with Gasteiger partial charge in [0, 0.05) is 0 Å². The maximum atomic E-state index is 5.99. The molecule has 0 amide bonds. The van der Waals surface area contributed by atoms with Crippen LogP contribution in [0.2, 0.25) is 5.28 Å². The quantitative estimate of drug-likeness (QED) is 0.710. The molecule has 1 aromatic rings. The molecule has 2 atom stereocenters. The molecule has 7 nitrogen and oxygen atoms in total. The highest BCUT2D eigenvalue weighted by molar-refractivity contribution is 6.28. The van der Waals surface area contributed by atoms with Crippen LogP contribution in [-0.4, -0.2) is 65.3 Å². The van der Waals surface area contributed by atoms with Gasteiger partial charge in [-0.3, -0.25) is 9.80 Å². The molecule has 0 radical (unpaired) electrons. The van der Waals surface area contributed by atoms with Crippen LogP contribution in [0, 0.1) is 0 Å². The molecule has 1 aromatic heterocycles. The number of anilines is 2. The van der Waals surface area contributed by atoms with Crippen molar-refractivity contribution in [3.8, 4) is 0 Å². The highest BCUT2D eigenvalue weighted by Crippen LogP contribution is 2.13. The zero-order valence-electron chi connectivity index (χ0n) is 13.7. The first-order valence-electron chi connectivity index (χ1n) is 7.14. The summed E-state index contributed by atoms with van der Waals surface area (Å²) in [7, 11) is 8.01. The van der Waals surface area contributed by atoms with E-state index in [0.29, 0.717) is 11.9 Å². The van der Waals surface area contributed by atoms with Crippen LogP contribution in [0.1, 0.15) is 26.7 Å². The van der Waals surface area contributed by atoms with E-state index in [0.717, 1.165) is 12.8 Å². The molecule has 0 aromatic carbocycles. The van der Waals surface area contributed by atoms with E-state index in [9.17, 15) is 0 Å². The summed E-state index contributed by atoms with van der Waals surface area (Å²) in [5.41, 5.74) is 0. The summed E-state index contributed by atoms with van der Waals surface area (Å²) in [6.07, 6.45) is 2.14. The fraction of sp³-hybridized carbons (Fsp3) is 0.769. The molecule has 0 aliphatic rings. The Hall–Kier alpha value is -1.18. The molecule has 1 heterocycles. The first kappa shape index (κ1) is 17.9. The first-order chi connectivity index (χ1) is 9.87. The average molecular weight is 316 g/mol. The Morgan fingerprint density at radius 3 is 1.52 bits per heavy atom. The van der Waals surface area contributed by atoms with Gasteiger partial charge in [0.2, 0.25) is 17.2 Å². The van der Waals surface area contributed by atoms with Gasteiger partial charge in [0.25, 0.3) is 0 Å². The number of hydrogen-bond donors (Lipinski definition) is 2. The Morgan fingerprint density at radius 2 is 1.24 bits per heavy atom. The molecule has 1 rings (SSSR count).